The third kappa shape index (κ3) is 5.16. The topological polar surface area (TPSA) is 73.5 Å². The van der Waals surface area contributed by atoms with Crippen LogP contribution in [0.15, 0.2) is 0 Å². The van der Waals surface area contributed by atoms with Crippen LogP contribution in [-0.2, 0) is 4.79 Å². The second-order valence-corrected chi connectivity index (χ2v) is 5.42. The van der Waals surface area contributed by atoms with E-state index in [1.54, 1.807) is 0 Å². The minimum Gasteiger partial charge on any atom is -0.335 e. The number of amides is 3. The van der Waals surface area contributed by atoms with Gasteiger partial charge in [-0.15, -0.1) is 0 Å². The van der Waals surface area contributed by atoms with Crippen molar-refractivity contribution in [2.24, 2.45) is 0 Å². The van der Waals surface area contributed by atoms with Crippen molar-refractivity contribution < 1.29 is 9.59 Å². The lowest BCUT2D eigenvalue weighted by atomic mass is 10.2. The summed E-state index contributed by atoms with van der Waals surface area (Å²) in [4.78, 5) is 25.3. The fourth-order valence-corrected chi connectivity index (χ4v) is 2.35. The lowest BCUT2D eigenvalue weighted by Crippen LogP contribution is -2.47. The van der Waals surface area contributed by atoms with Crippen molar-refractivity contribution in [3.8, 4) is 0 Å². The summed E-state index contributed by atoms with van der Waals surface area (Å²) in [6.45, 7) is 5.07. The first-order valence-electron chi connectivity index (χ1n) is 7.23. The molecule has 2 rings (SSSR count). The molecule has 1 aliphatic carbocycles. The summed E-state index contributed by atoms with van der Waals surface area (Å²) in [5, 5.41) is 8.55. The number of nitrogens with zero attached hydrogens (tertiary/aromatic N) is 1. The number of hydrogen-bond acceptors (Lipinski definition) is 4. The predicted molar refractivity (Wildman–Crippen MR) is 72.8 cm³/mol. The second kappa shape index (κ2) is 6.86. The zero-order chi connectivity index (χ0) is 13.7. The normalized spacial score (nSPS) is 22.5. The smallest absolute Gasteiger partial charge is 0.321 e. The fraction of sp³-hybridized carbons (Fsp3) is 0.846. The molecule has 3 N–H and O–H groups in total. The van der Waals surface area contributed by atoms with Gasteiger partial charge >= 0.3 is 6.03 Å². The molecule has 0 bridgehead atoms. The molecule has 0 radical (unpaired) electrons. The number of carbonyl (C=O) groups is 2. The fourth-order valence-electron chi connectivity index (χ4n) is 2.35. The van der Waals surface area contributed by atoms with Gasteiger partial charge in [-0.25, -0.2) is 4.79 Å². The molecular formula is C13H24N4O2. The van der Waals surface area contributed by atoms with E-state index in [-0.39, 0.29) is 24.5 Å². The number of carbonyl (C=O) groups excluding carboxylic acids is 2. The Balaban J connectivity index is 1.67. The highest BCUT2D eigenvalue weighted by Crippen LogP contribution is 2.18. The average molecular weight is 268 g/mol. The van der Waals surface area contributed by atoms with Crippen LogP contribution in [0.5, 0.6) is 0 Å². The highest BCUT2D eigenvalue weighted by molar-refractivity contribution is 5.95. The van der Waals surface area contributed by atoms with E-state index in [0.717, 1.165) is 32.5 Å². The van der Waals surface area contributed by atoms with Gasteiger partial charge in [0.25, 0.3) is 0 Å². The zero-order valence-corrected chi connectivity index (χ0v) is 11.6. The molecule has 108 valence electrons. The summed E-state index contributed by atoms with van der Waals surface area (Å²) >= 11 is 0. The van der Waals surface area contributed by atoms with Gasteiger partial charge in [-0.05, 0) is 38.8 Å². The van der Waals surface area contributed by atoms with Crippen LogP contribution in [0, 0.1) is 0 Å². The summed E-state index contributed by atoms with van der Waals surface area (Å²) < 4.78 is 0. The van der Waals surface area contributed by atoms with Gasteiger partial charge in [0.05, 0.1) is 6.54 Å². The number of rotatable bonds is 6. The largest absolute Gasteiger partial charge is 0.335 e. The van der Waals surface area contributed by atoms with Crippen LogP contribution in [0.25, 0.3) is 0 Å². The van der Waals surface area contributed by atoms with Gasteiger partial charge in [0.15, 0.2) is 0 Å². The highest BCUT2D eigenvalue weighted by Gasteiger charge is 2.24. The Labute approximate surface area is 114 Å². The maximum absolute atomic E-state index is 11.8. The number of urea groups is 1. The number of nitrogens with one attached hydrogen (secondary N) is 3. The number of likely N-dealkylation sites (N-methyl/N-ethyl adjacent to an activating group) is 1. The Morgan fingerprint density at radius 3 is 2.68 bits per heavy atom. The van der Waals surface area contributed by atoms with Crippen molar-refractivity contribution >= 4 is 11.9 Å². The summed E-state index contributed by atoms with van der Waals surface area (Å²) in [6, 6.07) is 0.397. The van der Waals surface area contributed by atoms with Crippen LogP contribution in [0.1, 0.15) is 32.6 Å². The standard InChI is InChI=1S/C13H24N4O2/c1-2-17(8-11-4-3-7-14-11)9-12(18)16-13(19)15-10-5-6-10/h10-11,14H,2-9H2,1H3,(H2,15,16,18,19). The Morgan fingerprint density at radius 2 is 2.11 bits per heavy atom. The molecule has 2 fully saturated rings. The van der Waals surface area contributed by atoms with E-state index in [9.17, 15) is 9.59 Å². The molecule has 0 aromatic rings. The molecule has 6 nitrogen and oxygen atoms in total. The van der Waals surface area contributed by atoms with Crippen LogP contribution in [0.2, 0.25) is 0 Å². The Kier molecular flexibility index (Phi) is 5.15. The molecule has 1 atom stereocenters. The second-order valence-electron chi connectivity index (χ2n) is 5.42. The molecule has 1 saturated carbocycles. The molecule has 0 spiro atoms. The van der Waals surface area contributed by atoms with E-state index in [1.165, 1.54) is 12.8 Å². The molecule has 1 saturated heterocycles. The predicted octanol–water partition coefficient (Wildman–Crippen LogP) is 0.0485. The van der Waals surface area contributed by atoms with Crippen molar-refractivity contribution in [3.63, 3.8) is 0 Å². The maximum Gasteiger partial charge on any atom is 0.321 e. The van der Waals surface area contributed by atoms with E-state index in [0.29, 0.717) is 6.04 Å². The van der Waals surface area contributed by atoms with Gasteiger partial charge < -0.3 is 10.6 Å². The number of hydrogen-bond donors (Lipinski definition) is 3. The lowest BCUT2D eigenvalue weighted by molar-refractivity contribution is -0.121. The van der Waals surface area contributed by atoms with Crippen LogP contribution in [0.3, 0.4) is 0 Å². The number of imide groups is 1. The van der Waals surface area contributed by atoms with E-state index in [2.05, 4.69) is 20.9 Å². The zero-order valence-electron chi connectivity index (χ0n) is 11.6. The first-order chi connectivity index (χ1) is 9.17. The van der Waals surface area contributed by atoms with Crippen molar-refractivity contribution in [1.29, 1.82) is 0 Å². The van der Waals surface area contributed by atoms with Gasteiger partial charge in [0.1, 0.15) is 0 Å². The van der Waals surface area contributed by atoms with Crippen LogP contribution >= 0.6 is 0 Å². The van der Waals surface area contributed by atoms with Crippen LogP contribution in [0.4, 0.5) is 4.79 Å². The minimum atomic E-state index is -0.359. The van der Waals surface area contributed by atoms with Gasteiger partial charge in [0.2, 0.25) is 5.91 Å². The molecule has 3 amide bonds. The maximum atomic E-state index is 11.8. The van der Waals surface area contributed by atoms with Crippen LogP contribution < -0.4 is 16.0 Å². The Bertz CT molecular complexity index is 325. The molecule has 6 heteroatoms. The first kappa shape index (κ1) is 14.3. The molecule has 1 aliphatic heterocycles. The van der Waals surface area contributed by atoms with E-state index in [4.69, 9.17) is 0 Å². The van der Waals surface area contributed by atoms with E-state index < -0.39 is 0 Å². The summed E-state index contributed by atoms with van der Waals surface area (Å²) in [7, 11) is 0. The first-order valence-corrected chi connectivity index (χ1v) is 7.23. The highest BCUT2D eigenvalue weighted by atomic mass is 16.2. The Hall–Kier alpha value is -1.14. The van der Waals surface area contributed by atoms with Gasteiger partial charge in [0, 0.05) is 18.6 Å². The summed E-state index contributed by atoms with van der Waals surface area (Å²) in [5.74, 6) is -0.224. The van der Waals surface area contributed by atoms with Crippen molar-refractivity contribution in [2.75, 3.05) is 26.2 Å². The quantitative estimate of drug-likeness (QED) is 0.636. The monoisotopic (exact) mass is 268 g/mol. The molecule has 1 heterocycles. The molecule has 1 unspecified atom stereocenters. The average Bonchev–Trinajstić information content (AvgIpc) is 3.02. The molecular weight excluding hydrogens is 244 g/mol. The summed E-state index contributed by atoms with van der Waals surface area (Å²) in [6.07, 6.45) is 4.42. The van der Waals surface area contributed by atoms with Crippen LogP contribution in [-0.4, -0.2) is 55.1 Å². The van der Waals surface area contributed by atoms with Gasteiger partial charge in [-0.1, -0.05) is 6.92 Å². The Morgan fingerprint density at radius 1 is 1.32 bits per heavy atom. The van der Waals surface area contributed by atoms with Gasteiger partial charge in [-0.2, -0.15) is 0 Å². The van der Waals surface area contributed by atoms with E-state index in [1.807, 2.05) is 6.92 Å². The summed E-state index contributed by atoms with van der Waals surface area (Å²) in [5.41, 5.74) is 0. The minimum absolute atomic E-state index is 0.224. The van der Waals surface area contributed by atoms with Crippen molar-refractivity contribution in [3.05, 3.63) is 0 Å². The van der Waals surface area contributed by atoms with Crippen molar-refractivity contribution in [1.82, 2.24) is 20.9 Å². The van der Waals surface area contributed by atoms with E-state index >= 15 is 0 Å². The molecule has 0 aromatic heterocycles. The molecule has 19 heavy (non-hydrogen) atoms. The van der Waals surface area contributed by atoms with Gasteiger partial charge in [-0.3, -0.25) is 15.0 Å². The van der Waals surface area contributed by atoms with Crippen molar-refractivity contribution in [2.45, 2.75) is 44.7 Å². The third-order valence-electron chi connectivity index (χ3n) is 3.62. The third-order valence-corrected chi connectivity index (χ3v) is 3.62. The SMILES string of the molecule is CCN(CC(=O)NC(=O)NC1CC1)CC1CCCN1. The lowest BCUT2D eigenvalue weighted by Gasteiger charge is -2.23. The molecule has 2 aliphatic rings. The molecule has 0 aromatic carbocycles.